The highest BCUT2D eigenvalue weighted by molar-refractivity contribution is 5.88. The summed E-state index contributed by atoms with van der Waals surface area (Å²) in [4.78, 5) is 12.9. The standard InChI is InChI=1S/C15H15NO4/c1-2-20-15(19)16(13-9-5-3-6-10-13)14(18)11-7-4-8-12-17/h3,5-6,9-10,14,17-18H,2,12H2,1H3. The lowest BCUT2D eigenvalue weighted by Gasteiger charge is -2.23. The second-order valence-electron chi connectivity index (χ2n) is 3.51. The second kappa shape index (κ2) is 8.60. The van der Waals surface area contributed by atoms with Crippen molar-refractivity contribution in [1.82, 2.24) is 0 Å². The Hall–Kier alpha value is -2.47. The van der Waals surface area contributed by atoms with Crippen molar-refractivity contribution in [1.29, 1.82) is 0 Å². The molecule has 0 saturated carbocycles. The summed E-state index contributed by atoms with van der Waals surface area (Å²) >= 11 is 0. The van der Waals surface area contributed by atoms with Gasteiger partial charge < -0.3 is 14.9 Å². The third-order valence-electron chi connectivity index (χ3n) is 2.17. The van der Waals surface area contributed by atoms with Crippen LogP contribution in [0, 0.1) is 23.7 Å². The molecular formula is C15H15NO4. The third-order valence-corrected chi connectivity index (χ3v) is 2.17. The molecule has 1 aromatic carbocycles. The van der Waals surface area contributed by atoms with Gasteiger partial charge in [-0.25, -0.2) is 9.69 Å². The Morgan fingerprint density at radius 3 is 2.65 bits per heavy atom. The summed E-state index contributed by atoms with van der Waals surface area (Å²) in [6, 6.07) is 8.56. The SMILES string of the molecule is CCOC(=O)N(c1ccccc1)C(O)C#CC#CCO. The number of carbonyl (C=O) groups is 1. The molecule has 0 bridgehead atoms. The van der Waals surface area contributed by atoms with Gasteiger partial charge in [-0.15, -0.1) is 0 Å². The zero-order valence-electron chi connectivity index (χ0n) is 11.0. The van der Waals surface area contributed by atoms with Crippen LogP contribution in [-0.2, 0) is 4.74 Å². The van der Waals surface area contributed by atoms with E-state index in [1.165, 1.54) is 0 Å². The van der Waals surface area contributed by atoms with Crippen LogP contribution in [-0.4, -0.2) is 35.7 Å². The van der Waals surface area contributed by atoms with Crippen molar-refractivity contribution in [3.8, 4) is 23.7 Å². The van der Waals surface area contributed by atoms with Crippen molar-refractivity contribution >= 4 is 11.8 Å². The van der Waals surface area contributed by atoms with E-state index < -0.39 is 12.3 Å². The maximum absolute atomic E-state index is 11.9. The number of carbonyl (C=O) groups excluding carboxylic acids is 1. The van der Waals surface area contributed by atoms with Gasteiger partial charge in [-0.1, -0.05) is 24.1 Å². The molecule has 0 aliphatic carbocycles. The van der Waals surface area contributed by atoms with E-state index in [-0.39, 0.29) is 13.2 Å². The van der Waals surface area contributed by atoms with Gasteiger partial charge in [0.2, 0.25) is 6.23 Å². The van der Waals surface area contributed by atoms with Gasteiger partial charge in [0.05, 0.1) is 12.3 Å². The average molecular weight is 273 g/mol. The molecule has 1 atom stereocenters. The highest BCUT2D eigenvalue weighted by Gasteiger charge is 2.23. The largest absolute Gasteiger partial charge is 0.449 e. The highest BCUT2D eigenvalue weighted by Crippen LogP contribution is 2.16. The number of nitrogens with zero attached hydrogens (tertiary/aromatic N) is 1. The van der Waals surface area contributed by atoms with Crippen molar-refractivity contribution in [3.05, 3.63) is 30.3 Å². The maximum Gasteiger partial charge on any atom is 0.417 e. The fourth-order valence-corrected chi connectivity index (χ4v) is 1.38. The van der Waals surface area contributed by atoms with E-state index in [9.17, 15) is 9.90 Å². The average Bonchev–Trinajstić information content (AvgIpc) is 2.45. The van der Waals surface area contributed by atoms with Crippen LogP contribution in [0.5, 0.6) is 0 Å². The van der Waals surface area contributed by atoms with Crippen molar-refractivity contribution in [2.24, 2.45) is 0 Å². The zero-order valence-corrected chi connectivity index (χ0v) is 11.0. The Balaban J connectivity index is 2.98. The first-order valence-corrected chi connectivity index (χ1v) is 5.99. The first kappa shape index (κ1) is 15.6. The minimum absolute atomic E-state index is 0.187. The van der Waals surface area contributed by atoms with Crippen molar-refractivity contribution in [2.45, 2.75) is 13.2 Å². The van der Waals surface area contributed by atoms with Crippen LogP contribution in [0.1, 0.15) is 6.92 Å². The molecule has 104 valence electrons. The molecule has 1 aromatic rings. The molecule has 1 unspecified atom stereocenters. The van der Waals surface area contributed by atoms with E-state index in [4.69, 9.17) is 9.84 Å². The lowest BCUT2D eigenvalue weighted by molar-refractivity contribution is 0.141. The Morgan fingerprint density at radius 1 is 1.35 bits per heavy atom. The number of hydrogen-bond donors (Lipinski definition) is 2. The molecule has 2 N–H and O–H groups in total. The Labute approximate surface area is 117 Å². The quantitative estimate of drug-likeness (QED) is 0.636. The van der Waals surface area contributed by atoms with E-state index in [2.05, 4.69) is 23.7 Å². The number of anilines is 1. The summed E-state index contributed by atoms with van der Waals surface area (Å²) in [7, 11) is 0. The summed E-state index contributed by atoms with van der Waals surface area (Å²) in [5, 5.41) is 18.5. The molecule has 5 nitrogen and oxygen atoms in total. The van der Waals surface area contributed by atoms with Crippen molar-refractivity contribution < 1.29 is 19.7 Å². The fourth-order valence-electron chi connectivity index (χ4n) is 1.38. The molecule has 0 saturated heterocycles. The van der Waals surface area contributed by atoms with E-state index in [0.717, 1.165) is 4.90 Å². The van der Waals surface area contributed by atoms with Gasteiger partial charge in [0.25, 0.3) is 0 Å². The fraction of sp³-hybridized carbons (Fsp3) is 0.267. The molecule has 0 spiro atoms. The van der Waals surface area contributed by atoms with Crippen LogP contribution in [0.25, 0.3) is 0 Å². The minimum Gasteiger partial charge on any atom is -0.449 e. The van der Waals surface area contributed by atoms with Crippen molar-refractivity contribution in [3.63, 3.8) is 0 Å². The summed E-state index contributed by atoms with van der Waals surface area (Å²) in [5.41, 5.74) is 0.461. The second-order valence-corrected chi connectivity index (χ2v) is 3.51. The van der Waals surface area contributed by atoms with E-state index >= 15 is 0 Å². The molecule has 20 heavy (non-hydrogen) atoms. The number of amides is 1. The van der Waals surface area contributed by atoms with Crippen LogP contribution in [0.3, 0.4) is 0 Å². The summed E-state index contributed by atoms with van der Waals surface area (Å²) in [6.07, 6.45) is -2.08. The third kappa shape index (κ3) is 4.66. The van der Waals surface area contributed by atoms with Gasteiger partial charge in [-0.3, -0.25) is 0 Å². The Kier molecular flexibility index (Phi) is 6.70. The molecule has 5 heteroatoms. The first-order chi connectivity index (χ1) is 9.70. The molecule has 1 rings (SSSR count). The Morgan fingerprint density at radius 2 is 2.05 bits per heavy atom. The lowest BCUT2D eigenvalue weighted by Crippen LogP contribution is -2.40. The first-order valence-electron chi connectivity index (χ1n) is 5.99. The van der Waals surface area contributed by atoms with Gasteiger partial charge in [-0.05, 0) is 36.8 Å². The minimum atomic E-state index is -1.38. The number of rotatable bonds is 3. The molecule has 0 aliphatic rings. The van der Waals surface area contributed by atoms with E-state index in [1.54, 1.807) is 37.3 Å². The van der Waals surface area contributed by atoms with Gasteiger partial charge in [0, 0.05) is 0 Å². The van der Waals surface area contributed by atoms with E-state index in [1.807, 2.05) is 0 Å². The van der Waals surface area contributed by atoms with Gasteiger partial charge in [0.1, 0.15) is 6.61 Å². The lowest BCUT2D eigenvalue weighted by atomic mass is 10.3. The maximum atomic E-state index is 11.9. The highest BCUT2D eigenvalue weighted by atomic mass is 16.6. The van der Waals surface area contributed by atoms with Crippen molar-refractivity contribution in [2.75, 3.05) is 18.1 Å². The number of aliphatic hydroxyl groups is 2. The number of benzene rings is 1. The smallest absolute Gasteiger partial charge is 0.417 e. The monoisotopic (exact) mass is 273 g/mol. The topological polar surface area (TPSA) is 70.0 Å². The van der Waals surface area contributed by atoms with Crippen LogP contribution in [0.4, 0.5) is 10.5 Å². The molecular weight excluding hydrogens is 258 g/mol. The number of hydrogen-bond acceptors (Lipinski definition) is 4. The molecule has 0 radical (unpaired) electrons. The molecule has 1 amide bonds. The predicted octanol–water partition coefficient (Wildman–Crippen LogP) is 0.967. The van der Waals surface area contributed by atoms with Crippen LogP contribution in [0.2, 0.25) is 0 Å². The molecule has 0 aromatic heterocycles. The predicted molar refractivity (Wildman–Crippen MR) is 74.6 cm³/mol. The van der Waals surface area contributed by atoms with Gasteiger partial charge >= 0.3 is 6.09 Å². The van der Waals surface area contributed by atoms with Crippen LogP contribution >= 0.6 is 0 Å². The van der Waals surface area contributed by atoms with Crippen LogP contribution < -0.4 is 4.90 Å². The van der Waals surface area contributed by atoms with Crippen LogP contribution in [0.15, 0.2) is 30.3 Å². The molecule has 0 aliphatic heterocycles. The summed E-state index contributed by atoms with van der Waals surface area (Å²) < 4.78 is 4.89. The van der Waals surface area contributed by atoms with E-state index in [0.29, 0.717) is 5.69 Å². The van der Waals surface area contributed by atoms with Gasteiger partial charge in [-0.2, -0.15) is 0 Å². The molecule has 0 fully saturated rings. The number of ether oxygens (including phenoxy) is 1. The normalized spacial score (nSPS) is 10.3. The van der Waals surface area contributed by atoms with Gasteiger partial charge in [0.15, 0.2) is 0 Å². The number of para-hydroxylation sites is 1. The Bertz CT molecular complexity index is 548. The zero-order chi connectivity index (χ0) is 14.8. The summed E-state index contributed by atoms with van der Waals surface area (Å²) in [5.74, 6) is 9.43. The summed E-state index contributed by atoms with van der Waals surface area (Å²) in [6.45, 7) is 1.55. The molecule has 0 heterocycles. The number of aliphatic hydroxyl groups excluding tert-OH is 2.